The average molecular weight is 434 g/mol. The molecule has 1 aromatic carbocycles. The van der Waals surface area contributed by atoms with Crippen molar-refractivity contribution in [2.24, 2.45) is 7.05 Å². The van der Waals surface area contributed by atoms with E-state index < -0.39 is 11.5 Å². The second-order valence-corrected chi connectivity index (χ2v) is 7.44. The number of pyridine rings is 1. The van der Waals surface area contributed by atoms with Gasteiger partial charge in [-0.05, 0) is 30.0 Å². The van der Waals surface area contributed by atoms with Gasteiger partial charge >= 0.3 is 0 Å². The first-order valence-electron chi connectivity index (χ1n) is 9.40. The lowest BCUT2D eigenvalue weighted by Crippen LogP contribution is -2.33. The summed E-state index contributed by atoms with van der Waals surface area (Å²) in [5, 5.41) is 32.0. The number of amides is 1. The molecule has 0 aliphatic rings. The quantitative estimate of drug-likeness (QED) is 0.438. The van der Waals surface area contributed by atoms with E-state index in [9.17, 15) is 14.7 Å². The Morgan fingerprint density at radius 3 is 2.33 bits per heavy atom. The third kappa shape index (κ3) is 5.06. The number of benzene rings is 1. The summed E-state index contributed by atoms with van der Waals surface area (Å²) < 4.78 is 1.42. The zero-order valence-corrected chi connectivity index (χ0v) is 18.1. The minimum Gasteiger partial charge on any atom is -0.506 e. The molecule has 8 nitrogen and oxygen atoms in total. The number of hydrogen-bond donors (Lipinski definition) is 4. The summed E-state index contributed by atoms with van der Waals surface area (Å²) in [5.74, 6) is -0.767. The van der Waals surface area contributed by atoms with Gasteiger partial charge in [-0.2, -0.15) is 0 Å². The van der Waals surface area contributed by atoms with Crippen molar-refractivity contribution in [2.75, 3.05) is 38.3 Å². The number of anilines is 1. The zero-order chi connectivity index (χ0) is 22.3. The first-order valence-corrected chi connectivity index (χ1v) is 10.3. The van der Waals surface area contributed by atoms with Crippen LogP contribution < -0.4 is 15.8 Å². The van der Waals surface area contributed by atoms with Gasteiger partial charge in [-0.15, -0.1) is 11.3 Å². The van der Waals surface area contributed by atoms with Crippen molar-refractivity contribution < 1.29 is 20.1 Å². The number of aryl methyl sites for hydroxylation is 2. The Kier molecular flexibility index (Phi) is 8.55. The largest absolute Gasteiger partial charge is 0.506 e. The number of hydrogen-bond acceptors (Lipinski definition) is 7. The number of aromatic nitrogens is 1. The Hall–Kier alpha value is -2.72. The third-order valence-corrected chi connectivity index (χ3v) is 5.66. The normalized spacial score (nSPS) is 10.6. The van der Waals surface area contributed by atoms with E-state index in [-0.39, 0.29) is 24.5 Å². The maximum absolute atomic E-state index is 12.8. The Balaban J connectivity index is 0.000000396. The molecule has 4 N–H and O–H groups in total. The number of thiophene rings is 1. The van der Waals surface area contributed by atoms with Gasteiger partial charge in [-0.1, -0.05) is 18.2 Å². The predicted molar refractivity (Wildman–Crippen MR) is 120 cm³/mol. The number of carbonyl (C=O) groups is 1. The molecule has 0 fully saturated rings. The summed E-state index contributed by atoms with van der Waals surface area (Å²) in [7, 11) is 3.20. The van der Waals surface area contributed by atoms with Gasteiger partial charge < -0.3 is 30.1 Å². The molecule has 9 heteroatoms. The molecular weight excluding hydrogens is 406 g/mol. The number of fused-ring (bicyclic) bond motifs is 1. The van der Waals surface area contributed by atoms with E-state index >= 15 is 0 Å². The molecule has 1 amide bonds. The second kappa shape index (κ2) is 10.9. The van der Waals surface area contributed by atoms with Crippen LogP contribution >= 0.6 is 11.3 Å². The summed E-state index contributed by atoms with van der Waals surface area (Å²) in [6.07, 6.45) is 0. The van der Waals surface area contributed by atoms with Gasteiger partial charge in [-0.25, -0.2) is 0 Å². The number of nitrogens with zero attached hydrogens (tertiary/aromatic N) is 2. The van der Waals surface area contributed by atoms with E-state index in [0.29, 0.717) is 29.0 Å². The van der Waals surface area contributed by atoms with Gasteiger partial charge in [0.2, 0.25) is 0 Å². The van der Waals surface area contributed by atoms with E-state index in [1.165, 1.54) is 20.8 Å². The van der Waals surface area contributed by atoms with Crippen molar-refractivity contribution in [2.45, 2.75) is 6.92 Å². The molecule has 0 bridgehead atoms. The topological polar surface area (TPSA) is 115 Å². The Morgan fingerprint density at radius 2 is 1.77 bits per heavy atom. The van der Waals surface area contributed by atoms with Crippen LogP contribution in [0.5, 0.6) is 5.75 Å². The van der Waals surface area contributed by atoms with Gasteiger partial charge in [-0.3, -0.25) is 9.59 Å². The fourth-order valence-corrected chi connectivity index (χ4v) is 3.89. The number of aliphatic hydroxyl groups is 2. The number of aromatic hydroxyl groups is 1. The Morgan fingerprint density at radius 1 is 1.17 bits per heavy atom. The standard InChI is InChI=1S/C17H16N2O3S.C4H11NO2/c1-10-9-23-17-12(10)14(20)13(16(22)19(17)3)15(21)18(2)11-7-5-4-6-8-11;6-3-1-5-2-4-7/h4-9,20H,1-3H3;5-7H,1-4H2. The lowest BCUT2D eigenvalue weighted by atomic mass is 10.1. The SMILES string of the molecule is Cc1csc2c1c(O)c(C(=O)N(C)c1ccccc1)c(=O)n2C.OCCNCCO. The van der Waals surface area contributed by atoms with Crippen LogP contribution in [0.2, 0.25) is 0 Å². The van der Waals surface area contributed by atoms with Gasteiger partial charge in [0.05, 0.1) is 18.6 Å². The first kappa shape index (κ1) is 23.6. The van der Waals surface area contributed by atoms with Crippen LogP contribution in [-0.2, 0) is 7.05 Å². The van der Waals surface area contributed by atoms with Crippen molar-refractivity contribution in [3.63, 3.8) is 0 Å². The van der Waals surface area contributed by atoms with Crippen molar-refractivity contribution in [3.8, 4) is 5.75 Å². The molecule has 0 saturated carbocycles. The summed E-state index contributed by atoms with van der Waals surface area (Å²) in [4.78, 5) is 27.3. The maximum Gasteiger partial charge on any atom is 0.268 e. The van der Waals surface area contributed by atoms with Crippen LogP contribution in [0.3, 0.4) is 0 Å². The van der Waals surface area contributed by atoms with E-state index in [4.69, 9.17) is 10.2 Å². The smallest absolute Gasteiger partial charge is 0.268 e. The van der Waals surface area contributed by atoms with Crippen LogP contribution in [0.15, 0.2) is 40.5 Å². The van der Waals surface area contributed by atoms with Crippen LogP contribution in [0.25, 0.3) is 10.2 Å². The van der Waals surface area contributed by atoms with E-state index in [0.717, 1.165) is 5.56 Å². The Labute approximate surface area is 178 Å². The van der Waals surface area contributed by atoms with Crippen molar-refractivity contribution in [1.82, 2.24) is 9.88 Å². The van der Waals surface area contributed by atoms with Crippen LogP contribution in [0, 0.1) is 6.92 Å². The molecule has 3 aromatic rings. The molecule has 0 atom stereocenters. The summed E-state index contributed by atoms with van der Waals surface area (Å²) in [6, 6.07) is 9.01. The number of rotatable bonds is 6. The molecule has 0 aliphatic heterocycles. The monoisotopic (exact) mass is 433 g/mol. The second-order valence-electron chi connectivity index (χ2n) is 6.58. The van der Waals surface area contributed by atoms with E-state index in [2.05, 4.69) is 5.32 Å². The maximum atomic E-state index is 12.8. The highest BCUT2D eigenvalue weighted by atomic mass is 32.1. The van der Waals surface area contributed by atoms with E-state index in [1.54, 1.807) is 26.2 Å². The highest BCUT2D eigenvalue weighted by molar-refractivity contribution is 7.17. The lowest BCUT2D eigenvalue weighted by Gasteiger charge is -2.18. The molecule has 2 aromatic heterocycles. The van der Waals surface area contributed by atoms with Gasteiger partial charge in [0.1, 0.15) is 16.1 Å². The number of para-hydroxylation sites is 1. The molecule has 0 unspecified atom stereocenters. The number of aliphatic hydroxyl groups excluding tert-OH is 2. The summed E-state index contributed by atoms with van der Waals surface area (Å²) in [6.45, 7) is 3.26. The molecule has 30 heavy (non-hydrogen) atoms. The molecule has 3 rings (SSSR count). The molecule has 162 valence electrons. The van der Waals surface area contributed by atoms with Crippen LogP contribution in [0.4, 0.5) is 5.69 Å². The zero-order valence-electron chi connectivity index (χ0n) is 17.3. The predicted octanol–water partition coefficient (Wildman–Crippen LogP) is 1.45. The summed E-state index contributed by atoms with van der Waals surface area (Å²) >= 11 is 1.37. The minimum absolute atomic E-state index is 0.139. The fraction of sp³-hybridized carbons (Fsp3) is 0.333. The third-order valence-electron chi connectivity index (χ3n) is 4.49. The number of carbonyl (C=O) groups excluding carboxylic acids is 1. The van der Waals surface area contributed by atoms with Crippen LogP contribution in [0.1, 0.15) is 15.9 Å². The highest BCUT2D eigenvalue weighted by Crippen LogP contribution is 2.34. The van der Waals surface area contributed by atoms with Gasteiger partial charge in [0, 0.05) is 32.9 Å². The fourth-order valence-electron chi connectivity index (χ4n) is 2.86. The van der Waals surface area contributed by atoms with Crippen LogP contribution in [-0.4, -0.2) is 59.1 Å². The average Bonchev–Trinajstić information content (AvgIpc) is 3.15. The van der Waals surface area contributed by atoms with Crippen molar-refractivity contribution in [3.05, 3.63) is 57.2 Å². The first-order chi connectivity index (χ1) is 14.3. The highest BCUT2D eigenvalue weighted by Gasteiger charge is 2.25. The van der Waals surface area contributed by atoms with Gasteiger partial charge in [0.25, 0.3) is 11.5 Å². The molecule has 0 aliphatic carbocycles. The molecule has 0 spiro atoms. The minimum atomic E-state index is -0.526. The molecular formula is C21H27N3O5S. The summed E-state index contributed by atoms with van der Waals surface area (Å²) in [5.41, 5.74) is 0.799. The van der Waals surface area contributed by atoms with Crippen molar-refractivity contribution in [1.29, 1.82) is 0 Å². The lowest BCUT2D eigenvalue weighted by molar-refractivity contribution is 0.0988. The van der Waals surface area contributed by atoms with Crippen molar-refractivity contribution >= 4 is 33.1 Å². The molecule has 0 saturated heterocycles. The number of nitrogens with one attached hydrogen (secondary N) is 1. The van der Waals surface area contributed by atoms with Gasteiger partial charge in [0.15, 0.2) is 0 Å². The van der Waals surface area contributed by atoms with E-state index in [1.807, 2.05) is 30.5 Å². The Bertz CT molecular complexity index is 1040. The molecule has 0 radical (unpaired) electrons. The molecule has 2 heterocycles.